The number of amides is 1. The molecule has 2 heterocycles. The highest BCUT2D eigenvalue weighted by molar-refractivity contribution is 5.85. The lowest BCUT2D eigenvalue weighted by Gasteiger charge is -2.31. The van der Waals surface area contributed by atoms with Crippen LogP contribution in [0.5, 0.6) is 5.75 Å². The van der Waals surface area contributed by atoms with Crippen LogP contribution in [-0.4, -0.2) is 43.0 Å². The Balaban J connectivity index is 1.64. The number of piperidine rings is 1. The molecule has 0 bridgehead atoms. The van der Waals surface area contributed by atoms with Crippen molar-refractivity contribution in [3.05, 3.63) is 29.5 Å². The molecular formula is C19H27N3O2. The monoisotopic (exact) mass is 329 g/mol. The second kappa shape index (κ2) is 7.26. The second-order valence-corrected chi connectivity index (χ2v) is 6.74. The standard InChI is InChI=1S/C19H27N3O2/c1-13-16-11-15(24-3)4-5-17(16)21-18(13)12-22-8-6-14(7-9-22)10-19(23)20-2/h4-5,11,14,21H,6-10,12H2,1-3H3,(H,20,23). The SMILES string of the molecule is CNC(=O)CC1CCN(Cc2[nH]c3ccc(OC)cc3c2C)CC1. The third-order valence-electron chi connectivity index (χ3n) is 5.21. The van der Waals surface area contributed by atoms with E-state index >= 15 is 0 Å². The van der Waals surface area contributed by atoms with Gasteiger partial charge in [-0.05, 0) is 62.5 Å². The first kappa shape index (κ1) is 16.8. The Bertz CT molecular complexity index is 715. The summed E-state index contributed by atoms with van der Waals surface area (Å²) < 4.78 is 5.33. The predicted molar refractivity (Wildman–Crippen MR) is 96.3 cm³/mol. The average Bonchev–Trinajstić information content (AvgIpc) is 2.91. The first-order valence-corrected chi connectivity index (χ1v) is 8.69. The highest BCUT2D eigenvalue weighted by Gasteiger charge is 2.22. The Morgan fingerprint density at radius 1 is 1.38 bits per heavy atom. The van der Waals surface area contributed by atoms with Crippen molar-refractivity contribution in [2.45, 2.75) is 32.7 Å². The van der Waals surface area contributed by atoms with Crippen molar-refractivity contribution < 1.29 is 9.53 Å². The zero-order chi connectivity index (χ0) is 17.1. The Morgan fingerprint density at radius 2 is 2.12 bits per heavy atom. The maximum atomic E-state index is 11.5. The van der Waals surface area contributed by atoms with Crippen LogP contribution in [0.4, 0.5) is 0 Å². The number of benzene rings is 1. The Labute approximate surface area is 143 Å². The maximum absolute atomic E-state index is 11.5. The van der Waals surface area contributed by atoms with E-state index in [2.05, 4.69) is 34.3 Å². The van der Waals surface area contributed by atoms with E-state index in [1.54, 1.807) is 14.2 Å². The minimum absolute atomic E-state index is 0.161. The molecule has 1 aliphatic rings. The minimum Gasteiger partial charge on any atom is -0.497 e. The largest absolute Gasteiger partial charge is 0.497 e. The Morgan fingerprint density at radius 3 is 2.79 bits per heavy atom. The fourth-order valence-electron chi connectivity index (χ4n) is 3.58. The molecule has 0 radical (unpaired) electrons. The molecule has 1 fully saturated rings. The first-order chi connectivity index (χ1) is 11.6. The number of rotatable bonds is 5. The lowest BCUT2D eigenvalue weighted by molar-refractivity contribution is -0.121. The van der Waals surface area contributed by atoms with Crippen molar-refractivity contribution in [2.75, 3.05) is 27.2 Å². The zero-order valence-electron chi connectivity index (χ0n) is 14.8. The maximum Gasteiger partial charge on any atom is 0.220 e. The van der Waals surface area contributed by atoms with E-state index in [1.165, 1.54) is 16.6 Å². The molecule has 0 atom stereocenters. The van der Waals surface area contributed by atoms with Crippen LogP contribution >= 0.6 is 0 Å². The average molecular weight is 329 g/mol. The summed E-state index contributed by atoms with van der Waals surface area (Å²) in [5, 5.41) is 3.96. The minimum atomic E-state index is 0.161. The van der Waals surface area contributed by atoms with Gasteiger partial charge in [0, 0.05) is 36.6 Å². The van der Waals surface area contributed by atoms with Gasteiger partial charge in [-0.3, -0.25) is 9.69 Å². The molecule has 1 amide bonds. The predicted octanol–water partition coefficient (Wildman–Crippen LogP) is 2.83. The van der Waals surface area contributed by atoms with Crippen LogP contribution in [0, 0.1) is 12.8 Å². The van der Waals surface area contributed by atoms with E-state index in [0.29, 0.717) is 12.3 Å². The van der Waals surface area contributed by atoms with Crippen LogP contribution in [0.3, 0.4) is 0 Å². The molecule has 2 aromatic rings. The van der Waals surface area contributed by atoms with Gasteiger partial charge in [0.05, 0.1) is 7.11 Å². The second-order valence-electron chi connectivity index (χ2n) is 6.74. The molecule has 3 rings (SSSR count). The molecule has 24 heavy (non-hydrogen) atoms. The van der Waals surface area contributed by atoms with E-state index in [4.69, 9.17) is 4.74 Å². The van der Waals surface area contributed by atoms with Gasteiger partial charge in [-0.2, -0.15) is 0 Å². The van der Waals surface area contributed by atoms with Gasteiger partial charge in [0.1, 0.15) is 5.75 Å². The first-order valence-electron chi connectivity index (χ1n) is 8.69. The lowest BCUT2D eigenvalue weighted by atomic mass is 9.93. The van der Waals surface area contributed by atoms with Crippen molar-refractivity contribution in [1.82, 2.24) is 15.2 Å². The van der Waals surface area contributed by atoms with Crippen molar-refractivity contribution in [3.8, 4) is 5.75 Å². The molecular weight excluding hydrogens is 302 g/mol. The van der Waals surface area contributed by atoms with Crippen LogP contribution < -0.4 is 10.1 Å². The van der Waals surface area contributed by atoms with Gasteiger partial charge in [-0.15, -0.1) is 0 Å². The number of aromatic nitrogens is 1. The molecule has 5 nitrogen and oxygen atoms in total. The van der Waals surface area contributed by atoms with Crippen molar-refractivity contribution in [3.63, 3.8) is 0 Å². The number of methoxy groups -OCH3 is 1. The van der Waals surface area contributed by atoms with Crippen LogP contribution in [0.25, 0.3) is 10.9 Å². The number of hydrogen-bond donors (Lipinski definition) is 2. The number of fused-ring (bicyclic) bond motifs is 1. The molecule has 1 saturated heterocycles. The number of hydrogen-bond acceptors (Lipinski definition) is 3. The van der Waals surface area contributed by atoms with Crippen molar-refractivity contribution in [1.29, 1.82) is 0 Å². The highest BCUT2D eigenvalue weighted by Crippen LogP contribution is 2.28. The third-order valence-corrected chi connectivity index (χ3v) is 5.21. The zero-order valence-corrected chi connectivity index (χ0v) is 14.8. The number of nitrogens with one attached hydrogen (secondary N) is 2. The van der Waals surface area contributed by atoms with Gasteiger partial charge in [-0.25, -0.2) is 0 Å². The van der Waals surface area contributed by atoms with E-state index in [-0.39, 0.29) is 5.91 Å². The normalized spacial score (nSPS) is 16.5. The van der Waals surface area contributed by atoms with Crippen LogP contribution in [0.15, 0.2) is 18.2 Å². The van der Waals surface area contributed by atoms with Gasteiger partial charge in [0.25, 0.3) is 0 Å². The molecule has 130 valence electrons. The summed E-state index contributed by atoms with van der Waals surface area (Å²) in [6.07, 6.45) is 2.86. The molecule has 0 spiro atoms. The number of aryl methyl sites for hydroxylation is 1. The summed E-state index contributed by atoms with van der Waals surface area (Å²) in [4.78, 5) is 17.5. The highest BCUT2D eigenvalue weighted by atomic mass is 16.5. The van der Waals surface area contributed by atoms with Gasteiger partial charge in [0.2, 0.25) is 5.91 Å². The number of aromatic amines is 1. The number of nitrogens with zero attached hydrogens (tertiary/aromatic N) is 1. The molecule has 0 saturated carbocycles. The quantitative estimate of drug-likeness (QED) is 0.887. The van der Waals surface area contributed by atoms with E-state index < -0.39 is 0 Å². The smallest absolute Gasteiger partial charge is 0.220 e. The van der Waals surface area contributed by atoms with Gasteiger partial charge < -0.3 is 15.0 Å². The van der Waals surface area contributed by atoms with Crippen molar-refractivity contribution >= 4 is 16.8 Å². The molecule has 2 N–H and O–H groups in total. The summed E-state index contributed by atoms with van der Waals surface area (Å²) >= 11 is 0. The van der Waals surface area contributed by atoms with E-state index in [1.807, 2.05) is 6.07 Å². The number of carbonyl (C=O) groups excluding carboxylic acids is 1. The van der Waals surface area contributed by atoms with Crippen LogP contribution in [0.1, 0.15) is 30.5 Å². The summed E-state index contributed by atoms with van der Waals surface area (Å²) in [5.74, 6) is 1.58. The summed E-state index contributed by atoms with van der Waals surface area (Å²) in [5.41, 5.74) is 3.75. The number of ether oxygens (including phenoxy) is 1. The molecule has 1 aliphatic heterocycles. The third kappa shape index (κ3) is 3.56. The van der Waals surface area contributed by atoms with E-state index in [0.717, 1.165) is 43.7 Å². The Hall–Kier alpha value is -2.01. The molecule has 1 aromatic carbocycles. The number of likely N-dealkylation sites (tertiary alicyclic amines) is 1. The summed E-state index contributed by atoms with van der Waals surface area (Å²) in [6.45, 7) is 5.22. The number of H-pyrrole nitrogens is 1. The van der Waals surface area contributed by atoms with E-state index in [9.17, 15) is 4.79 Å². The van der Waals surface area contributed by atoms with Gasteiger partial charge in [-0.1, -0.05) is 0 Å². The Kier molecular flexibility index (Phi) is 5.09. The van der Waals surface area contributed by atoms with Crippen LogP contribution in [0.2, 0.25) is 0 Å². The summed E-state index contributed by atoms with van der Waals surface area (Å²) in [6, 6.07) is 6.17. The van der Waals surface area contributed by atoms with Crippen molar-refractivity contribution in [2.24, 2.45) is 5.92 Å². The summed E-state index contributed by atoms with van der Waals surface area (Å²) in [7, 11) is 3.41. The number of carbonyl (C=O) groups is 1. The molecule has 0 aliphatic carbocycles. The fraction of sp³-hybridized carbons (Fsp3) is 0.526. The van der Waals surface area contributed by atoms with Crippen LogP contribution in [-0.2, 0) is 11.3 Å². The fourth-order valence-corrected chi connectivity index (χ4v) is 3.58. The molecule has 5 heteroatoms. The van der Waals surface area contributed by atoms with Gasteiger partial charge in [0.15, 0.2) is 0 Å². The lowest BCUT2D eigenvalue weighted by Crippen LogP contribution is -2.35. The topological polar surface area (TPSA) is 57.4 Å². The van der Waals surface area contributed by atoms with Gasteiger partial charge >= 0.3 is 0 Å². The molecule has 0 unspecified atom stereocenters. The molecule has 1 aromatic heterocycles.